The van der Waals surface area contributed by atoms with Gasteiger partial charge in [0.25, 0.3) is 0 Å². The van der Waals surface area contributed by atoms with Gasteiger partial charge in [-0.25, -0.2) is 0 Å². The molecule has 0 aliphatic rings. The molecule has 0 amide bonds. The summed E-state index contributed by atoms with van der Waals surface area (Å²) in [6.07, 6.45) is -0.0567. The third-order valence-corrected chi connectivity index (χ3v) is 2.66. The van der Waals surface area contributed by atoms with Crippen LogP contribution in [0.1, 0.15) is 11.7 Å². The van der Waals surface area contributed by atoms with Crippen molar-refractivity contribution in [1.82, 2.24) is 10.6 Å². The van der Waals surface area contributed by atoms with Crippen molar-refractivity contribution in [2.75, 3.05) is 27.7 Å². The van der Waals surface area contributed by atoms with Gasteiger partial charge >= 0.3 is 0 Å². The summed E-state index contributed by atoms with van der Waals surface area (Å²) < 4.78 is 5.43. The predicted octanol–water partition coefficient (Wildman–Crippen LogP) is 1.82. The first-order valence-electron chi connectivity index (χ1n) is 5.38. The molecular weight excluding hydrogens is 238 g/mol. The van der Waals surface area contributed by atoms with Gasteiger partial charge in [0.1, 0.15) is 0 Å². The second-order valence-corrected chi connectivity index (χ2v) is 3.92. The largest absolute Gasteiger partial charge is 0.375 e. The molecule has 0 saturated heterocycles. The van der Waals surface area contributed by atoms with Crippen molar-refractivity contribution in [3.63, 3.8) is 0 Å². The number of methoxy groups -OCH3 is 1. The van der Waals surface area contributed by atoms with Crippen LogP contribution in [0.15, 0.2) is 29.3 Å². The van der Waals surface area contributed by atoms with Crippen LogP contribution in [-0.4, -0.2) is 33.7 Å². The molecule has 0 aliphatic carbocycles. The zero-order chi connectivity index (χ0) is 12.7. The average Bonchev–Trinajstić information content (AvgIpc) is 2.35. The third kappa shape index (κ3) is 4.24. The van der Waals surface area contributed by atoms with Crippen molar-refractivity contribution in [2.24, 2.45) is 4.99 Å². The molecule has 1 atom stereocenters. The van der Waals surface area contributed by atoms with Gasteiger partial charge in [-0.05, 0) is 17.7 Å². The number of benzene rings is 1. The SMILES string of the molecule is CN=C(NC)NCC(OC)c1cccc(Cl)c1. The molecule has 94 valence electrons. The molecule has 0 bridgehead atoms. The van der Waals surface area contributed by atoms with Crippen LogP contribution in [-0.2, 0) is 4.74 Å². The van der Waals surface area contributed by atoms with Crippen LogP contribution >= 0.6 is 11.6 Å². The van der Waals surface area contributed by atoms with Gasteiger partial charge in [0.2, 0.25) is 0 Å². The summed E-state index contributed by atoms with van der Waals surface area (Å²) in [6, 6.07) is 7.65. The summed E-state index contributed by atoms with van der Waals surface area (Å²) in [5.41, 5.74) is 1.04. The third-order valence-electron chi connectivity index (χ3n) is 2.42. The van der Waals surface area contributed by atoms with Crippen molar-refractivity contribution in [3.05, 3.63) is 34.9 Å². The minimum atomic E-state index is -0.0567. The highest BCUT2D eigenvalue weighted by molar-refractivity contribution is 6.30. The molecule has 0 aliphatic heterocycles. The Bertz CT molecular complexity index is 382. The molecule has 1 rings (SSSR count). The number of rotatable bonds is 4. The van der Waals surface area contributed by atoms with Gasteiger partial charge in [-0.1, -0.05) is 23.7 Å². The second kappa shape index (κ2) is 7.14. The standard InChI is InChI=1S/C12H18ClN3O/c1-14-12(15-2)16-8-11(17-3)9-5-4-6-10(13)7-9/h4-7,11H,8H2,1-3H3,(H2,14,15,16). The lowest BCUT2D eigenvalue weighted by Gasteiger charge is -2.18. The second-order valence-electron chi connectivity index (χ2n) is 3.48. The van der Waals surface area contributed by atoms with Gasteiger partial charge in [0.15, 0.2) is 5.96 Å². The van der Waals surface area contributed by atoms with Crippen LogP contribution in [0.25, 0.3) is 0 Å². The summed E-state index contributed by atoms with van der Waals surface area (Å²) in [6.45, 7) is 0.629. The Morgan fingerprint density at radius 3 is 2.82 bits per heavy atom. The normalized spacial score (nSPS) is 13.3. The number of nitrogens with zero attached hydrogens (tertiary/aromatic N) is 1. The van der Waals surface area contributed by atoms with Crippen molar-refractivity contribution < 1.29 is 4.74 Å². The summed E-state index contributed by atoms with van der Waals surface area (Å²) in [7, 11) is 5.21. The van der Waals surface area contributed by atoms with Gasteiger partial charge in [0.05, 0.1) is 6.10 Å². The van der Waals surface area contributed by atoms with E-state index >= 15 is 0 Å². The smallest absolute Gasteiger partial charge is 0.190 e. The minimum absolute atomic E-state index is 0.0567. The molecular formula is C12H18ClN3O. The van der Waals surface area contributed by atoms with Crippen molar-refractivity contribution in [1.29, 1.82) is 0 Å². The number of hydrogen-bond donors (Lipinski definition) is 2. The molecule has 1 unspecified atom stereocenters. The molecule has 0 saturated carbocycles. The monoisotopic (exact) mass is 255 g/mol. The van der Waals surface area contributed by atoms with Gasteiger partial charge in [-0.15, -0.1) is 0 Å². The molecule has 0 spiro atoms. The average molecular weight is 256 g/mol. The fourth-order valence-corrected chi connectivity index (χ4v) is 1.71. The highest BCUT2D eigenvalue weighted by Gasteiger charge is 2.11. The highest BCUT2D eigenvalue weighted by Crippen LogP contribution is 2.19. The number of hydrogen-bond acceptors (Lipinski definition) is 2. The summed E-state index contributed by atoms with van der Waals surface area (Å²) >= 11 is 5.95. The maximum atomic E-state index is 5.95. The fraction of sp³-hybridized carbons (Fsp3) is 0.417. The molecule has 0 radical (unpaired) electrons. The molecule has 4 nitrogen and oxygen atoms in total. The Balaban J connectivity index is 2.66. The first kappa shape index (κ1) is 13.8. The van der Waals surface area contributed by atoms with E-state index in [1.54, 1.807) is 14.2 Å². The Hall–Kier alpha value is -1.26. The maximum absolute atomic E-state index is 5.95. The van der Waals surface area contributed by atoms with E-state index in [2.05, 4.69) is 15.6 Å². The van der Waals surface area contributed by atoms with Crippen LogP contribution in [0.4, 0.5) is 0 Å². The van der Waals surface area contributed by atoms with Crippen LogP contribution in [0, 0.1) is 0 Å². The van der Waals surface area contributed by atoms with E-state index in [9.17, 15) is 0 Å². The van der Waals surface area contributed by atoms with Gasteiger partial charge in [-0.2, -0.15) is 0 Å². The van der Waals surface area contributed by atoms with Crippen molar-refractivity contribution in [2.45, 2.75) is 6.10 Å². The van der Waals surface area contributed by atoms with E-state index in [1.165, 1.54) is 0 Å². The molecule has 0 heterocycles. The van der Waals surface area contributed by atoms with E-state index in [1.807, 2.05) is 31.3 Å². The Morgan fingerprint density at radius 1 is 1.53 bits per heavy atom. The zero-order valence-corrected chi connectivity index (χ0v) is 11.1. The lowest BCUT2D eigenvalue weighted by atomic mass is 10.1. The van der Waals surface area contributed by atoms with Crippen molar-refractivity contribution in [3.8, 4) is 0 Å². The Morgan fingerprint density at radius 2 is 2.29 bits per heavy atom. The molecule has 5 heteroatoms. The van der Waals surface area contributed by atoms with Crippen LogP contribution in [0.2, 0.25) is 5.02 Å². The summed E-state index contributed by atoms with van der Waals surface area (Å²) in [5.74, 6) is 0.731. The van der Waals surface area contributed by atoms with Crippen LogP contribution < -0.4 is 10.6 Å². The van der Waals surface area contributed by atoms with Gasteiger partial charge < -0.3 is 15.4 Å². The number of halogens is 1. The molecule has 1 aromatic rings. The van der Waals surface area contributed by atoms with Crippen molar-refractivity contribution >= 4 is 17.6 Å². The highest BCUT2D eigenvalue weighted by atomic mass is 35.5. The summed E-state index contributed by atoms with van der Waals surface area (Å²) in [4.78, 5) is 4.04. The molecule has 17 heavy (non-hydrogen) atoms. The molecule has 0 aromatic heterocycles. The number of guanidine groups is 1. The Kier molecular flexibility index (Phi) is 5.80. The molecule has 2 N–H and O–H groups in total. The minimum Gasteiger partial charge on any atom is -0.375 e. The van der Waals surface area contributed by atoms with E-state index in [0.29, 0.717) is 11.6 Å². The molecule has 0 fully saturated rings. The Labute approximate surface area is 107 Å². The van der Waals surface area contributed by atoms with E-state index in [0.717, 1.165) is 11.5 Å². The van der Waals surface area contributed by atoms with E-state index in [4.69, 9.17) is 16.3 Å². The molecule has 1 aromatic carbocycles. The van der Waals surface area contributed by atoms with Gasteiger partial charge in [0, 0.05) is 32.8 Å². The quantitative estimate of drug-likeness (QED) is 0.637. The topological polar surface area (TPSA) is 45.7 Å². The first-order chi connectivity index (χ1) is 8.21. The fourth-order valence-electron chi connectivity index (χ4n) is 1.51. The number of ether oxygens (including phenoxy) is 1. The van der Waals surface area contributed by atoms with Gasteiger partial charge in [-0.3, -0.25) is 4.99 Å². The number of aliphatic imine (C=N–C) groups is 1. The lowest BCUT2D eigenvalue weighted by Crippen LogP contribution is -2.37. The predicted molar refractivity (Wildman–Crippen MR) is 71.6 cm³/mol. The number of nitrogens with one attached hydrogen (secondary N) is 2. The first-order valence-corrected chi connectivity index (χ1v) is 5.75. The lowest BCUT2D eigenvalue weighted by molar-refractivity contribution is 0.106. The maximum Gasteiger partial charge on any atom is 0.190 e. The van der Waals surface area contributed by atoms with E-state index < -0.39 is 0 Å². The van der Waals surface area contributed by atoms with Crippen LogP contribution in [0.3, 0.4) is 0 Å². The van der Waals surface area contributed by atoms with E-state index in [-0.39, 0.29) is 6.10 Å². The zero-order valence-electron chi connectivity index (χ0n) is 10.3. The summed E-state index contributed by atoms with van der Waals surface area (Å²) in [5, 5.41) is 6.82. The van der Waals surface area contributed by atoms with Crippen LogP contribution in [0.5, 0.6) is 0 Å².